The van der Waals surface area contributed by atoms with E-state index in [0.29, 0.717) is 11.6 Å². The summed E-state index contributed by atoms with van der Waals surface area (Å²) in [5.41, 5.74) is 0.322. The summed E-state index contributed by atoms with van der Waals surface area (Å²) in [5.74, 6) is 0. The molecule has 2 aliphatic rings. The van der Waals surface area contributed by atoms with Gasteiger partial charge in [-0.15, -0.1) is 0 Å². The number of likely N-dealkylation sites (N-methyl/N-ethyl adjacent to an activating group) is 1. The Morgan fingerprint density at radius 3 is 2.64 bits per heavy atom. The predicted octanol–water partition coefficient (Wildman–Crippen LogP) is 0.801. The number of ether oxygens (including phenoxy) is 1. The molecule has 3 nitrogen and oxygen atoms in total. The molecule has 0 aromatic carbocycles. The highest BCUT2D eigenvalue weighted by Crippen LogP contribution is 2.30. The first-order chi connectivity index (χ1) is 6.64. The van der Waals surface area contributed by atoms with Crippen molar-refractivity contribution in [1.29, 1.82) is 0 Å². The van der Waals surface area contributed by atoms with Crippen molar-refractivity contribution in [1.82, 2.24) is 9.80 Å². The monoisotopic (exact) mass is 198 g/mol. The van der Waals surface area contributed by atoms with Crippen LogP contribution in [0, 0.1) is 0 Å². The Hall–Kier alpha value is -0.120. The van der Waals surface area contributed by atoms with Gasteiger partial charge < -0.3 is 4.74 Å². The number of likely N-dealkylation sites (tertiary alicyclic amines) is 1. The largest absolute Gasteiger partial charge is 0.378 e. The molecule has 0 aromatic heterocycles. The van der Waals surface area contributed by atoms with Crippen molar-refractivity contribution >= 4 is 0 Å². The van der Waals surface area contributed by atoms with E-state index in [1.54, 1.807) is 0 Å². The van der Waals surface area contributed by atoms with Crippen LogP contribution in [0.1, 0.15) is 20.3 Å². The van der Waals surface area contributed by atoms with Gasteiger partial charge in [-0.1, -0.05) is 0 Å². The second kappa shape index (κ2) is 3.80. The second-order valence-corrected chi connectivity index (χ2v) is 5.01. The minimum atomic E-state index is 0.322. The normalized spacial score (nSPS) is 36.0. The van der Waals surface area contributed by atoms with Crippen LogP contribution >= 0.6 is 0 Å². The minimum Gasteiger partial charge on any atom is -0.378 e. The summed E-state index contributed by atoms with van der Waals surface area (Å²) in [5, 5.41) is 0. The van der Waals surface area contributed by atoms with Crippen molar-refractivity contribution in [3.8, 4) is 0 Å². The molecule has 0 saturated carbocycles. The average Bonchev–Trinajstić information content (AvgIpc) is 2.56. The van der Waals surface area contributed by atoms with Crippen molar-refractivity contribution in [3.63, 3.8) is 0 Å². The van der Waals surface area contributed by atoms with Gasteiger partial charge in [0.25, 0.3) is 0 Å². The highest BCUT2D eigenvalue weighted by Gasteiger charge is 2.43. The fourth-order valence-corrected chi connectivity index (χ4v) is 2.57. The summed E-state index contributed by atoms with van der Waals surface area (Å²) >= 11 is 0. The van der Waals surface area contributed by atoms with Crippen LogP contribution in [0.25, 0.3) is 0 Å². The van der Waals surface area contributed by atoms with Gasteiger partial charge in [-0.05, 0) is 27.3 Å². The molecule has 3 heteroatoms. The summed E-state index contributed by atoms with van der Waals surface area (Å²) in [7, 11) is 2.24. The molecule has 82 valence electrons. The first-order valence-corrected chi connectivity index (χ1v) is 5.67. The molecule has 14 heavy (non-hydrogen) atoms. The summed E-state index contributed by atoms with van der Waals surface area (Å²) in [6.07, 6.45) is 1.27. The summed E-state index contributed by atoms with van der Waals surface area (Å²) in [6, 6.07) is 0.671. The molecular formula is C11H22N2O. The van der Waals surface area contributed by atoms with Crippen molar-refractivity contribution < 1.29 is 4.74 Å². The van der Waals surface area contributed by atoms with Crippen molar-refractivity contribution in [2.24, 2.45) is 0 Å². The molecular weight excluding hydrogens is 176 g/mol. The van der Waals surface area contributed by atoms with E-state index in [-0.39, 0.29) is 0 Å². The van der Waals surface area contributed by atoms with Gasteiger partial charge in [-0.3, -0.25) is 9.80 Å². The Balaban J connectivity index is 2.03. The number of nitrogens with zero attached hydrogens (tertiary/aromatic N) is 2. The van der Waals surface area contributed by atoms with Crippen molar-refractivity contribution in [2.75, 3.05) is 39.9 Å². The molecule has 1 spiro atoms. The summed E-state index contributed by atoms with van der Waals surface area (Å²) < 4.78 is 5.64. The third kappa shape index (κ3) is 1.69. The lowest BCUT2D eigenvalue weighted by molar-refractivity contribution is -0.0512. The summed E-state index contributed by atoms with van der Waals surface area (Å²) in [4.78, 5) is 5.06. The fourth-order valence-electron chi connectivity index (χ4n) is 2.57. The van der Waals surface area contributed by atoms with E-state index >= 15 is 0 Å². The third-order valence-electron chi connectivity index (χ3n) is 3.84. The zero-order valence-corrected chi connectivity index (χ0v) is 9.62. The molecule has 1 atom stereocenters. The molecule has 0 aromatic rings. The number of rotatable bonds is 1. The van der Waals surface area contributed by atoms with Crippen LogP contribution < -0.4 is 0 Å². The lowest BCUT2D eigenvalue weighted by atomic mass is 9.96. The lowest BCUT2D eigenvalue weighted by Crippen LogP contribution is -2.56. The molecule has 0 radical (unpaired) electrons. The highest BCUT2D eigenvalue weighted by molar-refractivity contribution is 5.00. The minimum absolute atomic E-state index is 0.322. The molecule has 0 bridgehead atoms. The van der Waals surface area contributed by atoms with E-state index < -0.39 is 0 Å². The van der Waals surface area contributed by atoms with E-state index in [4.69, 9.17) is 4.74 Å². The molecule has 0 aliphatic carbocycles. The Bertz CT molecular complexity index is 207. The first kappa shape index (κ1) is 10.4. The molecule has 2 saturated heterocycles. The van der Waals surface area contributed by atoms with Gasteiger partial charge in [-0.25, -0.2) is 0 Å². The lowest BCUT2D eigenvalue weighted by Gasteiger charge is -2.42. The van der Waals surface area contributed by atoms with E-state index in [1.807, 2.05) is 0 Å². The molecule has 2 rings (SSSR count). The van der Waals surface area contributed by atoms with Crippen LogP contribution in [0.4, 0.5) is 0 Å². The molecule has 2 aliphatic heterocycles. The quantitative estimate of drug-likeness (QED) is 0.620. The van der Waals surface area contributed by atoms with Gasteiger partial charge in [0.2, 0.25) is 0 Å². The van der Waals surface area contributed by atoms with E-state index in [0.717, 1.165) is 19.8 Å². The maximum absolute atomic E-state index is 5.64. The summed E-state index contributed by atoms with van der Waals surface area (Å²) in [6.45, 7) is 9.89. The smallest absolute Gasteiger partial charge is 0.0664 e. The Morgan fingerprint density at radius 2 is 2.07 bits per heavy atom. The van der Waals surface area contributed by atoms with Crippen LogP contribution in [0.2, 0.25) is 0 Å². The van der Waals surface area contributed by atoms with Gasteiger partial charge in [0.05, 0.1) is 18.8 Å². The van der Waals surface area contributed by atoms with Crippen LogP contribution in [0.5, 0.6) is 0 Å². The van der Waals surface area contributed by atoms with Crippen molar-refractivity contribution in [3.05, 3.63) is 0 Å². The SMILES string of the molecule is CC(C)N1CCC2(COCCN2C)C1. The van der Waals surface area contributed by atoms with Gasteiger partial charge in [0, 0.05) is 25.7 Å². The Labute approximate surface area is 87.0 Å². The molecule has 2 heterocycles. The van der Waals surface area contributed by atoms with Gasteiger partial charge in [0.1, 0.15) is 0 Å². The standard InChI is InChI=1S/C11H22N2O/c1-10(2)13-5-4-11(8-13)9-14-7-6-12(11)3/h10H,4-9H2,1-3H3. The zero-order chi connectivity index (χ0) is 10.2. The van der Waals surface area contributed by atoms with Gasteiger partial charge in [-0.2, -0.15) is 0 Å². The van der Waals surface area contributed by atoms with Crippen molar-refractivity contribution in [2.45, 2.75) is 31.8 Å². The van der Waals surface area contributed by atoms with Crippen LogP contribution in [-0.4, -0.2) is 61.3 Å². The molecule has 0 N–H and O–H groups in total. The third-order valence-corrected chi connectivity index (χ3v) is 3.84. The number of hydrogen-bond acceptors (Lipinski definition) is 3. The highest BCUT2D eigenvalue weighted by atomic mass is 16.5. The number of hydrogen-bond donors (Lipinski definition) is 0. The first-order valence-electron chi connectivity index (χ1n) is 5.67. The molecule has 0 amide bonds. The average molecular weight is 198 g/mol. The predicted molar refractivity (Wildman–Crippen MR) is 57.5 cm³/mol. The van der Waals surface area contributed by atoms with Crippen LogP contribution in [0.15, 0.2) is 0 Å². The maximum Gasteiger partial charge on any atom is 0.0664 e. The van der Waals surface area contributed by atoms with E-state index in [2.05, 4.69) is 30.7 Å². The Kier molecular flexibility index (Phi) is 2.82. The topological polar surface area (TPSA) is 15.7 Å². The van der Waals surface area contributed by atoms with Gasteiger partial charge in [0.15, 0.2) is 0 Å². The Morgan fingerprint density at radius 1 is 1.29 bits per heavy atom. The molecule has 1 unspecified atom stereocenters. The van der Waals surface area contributed by atoms with Crippen LogP contribution in [0.3, 0.4) is 0 Å². The van der Waals surface area contributed by atoms with E-state index in [9.17, 15) is 0 Å². The fraction of sp³-hybridized carbons (Fsp3) is 1.00. The number of morpholine rings is 1. The zero-order valence-electron chi connectivity index (χ0n) is 9.62. The maximum atomic E-state index is 5.64. The molecule has 2 fully saturated rings. The second-order valence-electron chi connectivity index (χ2n) is 5.01. The van der Waals surface area contributed by atoms with Gasteiger partial charge >= 0.3 is 0 Å². The van der Waals surface area contributed by atoms with Crippen LogP contribution in [-0.2, 0) is 4.74 Å². The van der Waals surface area contributed by atoms with E-state index in [1.165, 1.54) is 19.5 Å².